The van der Waals surface area contributed by atoms with Gasteiger partial charge in [0.1, 0.15) is 5.54 Å². The number of carboxylic acids is 1. The number of nitrogens with one attached hydrogen (secondary N) is 1. The third-order valence-corrected chi connectivity index (χ3v) is 4.87. The van der Waals surface area contributed by atoms with Crippen LogP contribution in [0.15, 0.2) is 24.3 Å². The van der Waals surface area contributed by atoms with Gasteiger partial charge in [0.05, 0.1) is 0 Å². The number of likely N-dealkylation sites (N-methyl/N-ethyl adjacent to an activating group) is 1. The lowest BCUT2D eigenvalue weighted by Gasteiger charge is -2.37. The zero-order valence-corrected chi connectivity index (χ0v) is 12.1. The zero-order valence-electron chi connectivity index (χ0n) is 12.1. The Bertz CT molecular complexity index is 527. The van der Waals surface area contributed by atoms with Gasteiger partial charge in [0.15, 0.2) is 0 Å². The Hall–Kier alpha value is -1.55. The van der Waals surface area contributed by atoms with Gasteiger partial charge in [-0.05, 0) is 50.8 Å². The maximum Gasteiger partial charge on any atom is 0.326 e. The van der Waals surface area contributed by atoms with Gasteiger partial charge in [-0.3, -0.25) is 4.79 Å². The molecule has 0 spiro atoms. The minimum absolute atomic E-state index is 0.255. The molecule has 0 bridgehead atoms. The molecule has 1 aromatic carbocycles. The summed E-state index contributed by atoms with van der Waals surface area (Å²) in [6.07, 6.45) is 3.02. The molecule has 1 aliphatic carbocycles. The fourth-order valence-electron chi connectivity index (χ4n) is 3.48. The minimum atomic E-state index is -0.814. The number of aliphatic carboxylic acids is 1. The Kier molecular flexibility index (Phi) is 3.21. The van der Waals surface area contributed by atoms with Gasteiger partial charge < -0.3 is 15.3 Å². The molecule has 0 radical (unpaired) electrons. The van der Waals surface area contributed by atoms with E-state index in [9.17, 15) is 9.90 Å². The third kappa shape index (κ3) is 1.99. The zero-order chi connectivity index (χ0) is 14.3. The number of benzene rings is 1. The fraction of sp³-hybridized carbons (Fsp3) is 0.562. The summed E-state index contributed by atoms with van der Waals surface area (Å²) in [5.41, 5.74) is 1.71. The average molecular weight is 274 g/mol. The van der Waals surface area contributed by atoms with Gasteiger partial charge in [-0.1, -0.05) is 18.2 Å². The van der Waals surface area contributed by atoms with Crippen molar-refractivity contribution in [3.05, 3.63) is 29.8 Å². The summed E-state index contributed by atoms with van der Waals surface area (Å²) in [4.78, 5) is 14.1. The normalized spacial score (nSPS) is 24.3. The Morgan fingerprint density at radius 3 is 2.75 bits per heavy atom. The highest BCUT2D eigenvalue weighted by Gasteiger charge is 2.52. The van der Waals surface area contributed by atoms with Crippen molar-refractivity contribution in [2.75, 3.05) is 18.5 Å². The highest BCUT2D eigenvalue weighted by Crippen LogP contribution is 2.42. The number of rotatable bonds is 5. The molecule has 1 heterocycles. The second-order valence-electron chi connectivity index (χ2n) is 6.11. The second-order valence-corrected chi connectivity index (χ2v) is 6.11. The summed E-state index contributed by atoms with van der Waals surface area (Å²) in [5, 5.41) is 12.9. The van der Waals surface area contributed by atoms with Gasteiger partial charge >= 0.3 is 5.97 Å². The van der Waals surface area contributed by atoms with Gasteiger partial charge in [0.25, 0.3) is 0 Å². The van der Waals surface area contributed by atoms with Crippen LogP contribution in [0.25, 0.3) is 0 Å². The first kappa shape index (κ1) is 13.4. The van der Waals surface area contributed by atoms with Crippen LogP contribution in [-0.2, 0) is 11.2 Å². The molecule has 2 atom stereocenters. The molecule has 0 aromatic heterocycles. The Morgan fingerprint density at radius 1 is 1.45 bits per heavy atom. The first-order valence-corrected chi connectivity index (χ1v) is 7.35. The van der Waals surface area contributed by atoms with Gasteiger partial charge in [-0.25, -0.2) is 0 Å². The lowest BCUT2D eigenvalue weighted by molar-refractivity contribution is -0.145. The van der Waals surface area contributed by atoms with E-state index in [2.05, 4.69) is 35.3 Å². The summed E-state index contributed by atoms with van der Waals surface area (Å²) >= 11 is 0. The van der Waals surface area contributed by atoms with Crippen molar-refractivity contribution in [3.63, 3.8) is 0 Å². The molecule has 20 heavy (non-hydrogen) atoms. The van der Waals surface area contributed by atoms with Crippen LogP contribution in [0.3, 0.4) is 0 Å². The second kappa shape index (κ2) is 4.77. The van der Waals surface area contributed by atoms with Crippen LogP contribution in [0.4, 0.5) is 5.69 Å². The number of hydrogen-bond acceptors (Lipinski definition) is 3. The molecule has 4 nitrogen and oxygen atoms in total. The lowest BCUT2D eigenvalue weighted by atomic mass is 9.92. The van der Waals surface area contributed by atoms with Crippen molar-refractivity contribution in [2.45, 2.75) is 37.8 Å². The Morgan fingerprint density at radius 2 is 2.15 bits per heavy atom. The number of carbonyl (C=O) groups is 1. The van der Waals surface area contributed by atoms with Gasteiger partial charge in [-0.15, -0.1) is 0 Å². The van der Waals surface area contributed by atoms with Crippen molar-refractivity contribution < 1.29 is 9.90 Å². The predicted molar refractivity (Wildman–Crippen MR) is 79.1 cm³/mol. The molecule has 0 saturated heterocycles. The quantitative estimate of drug-likeness (QED) is 0.861. The van der Waals surface area contributed by atoms with E-state index in [1.165, 1.54) is 11.3 Å². The van der Waals surface area contributed by atoms with E-state index in [1.54, 1.807) is 7.05 Å². The van der Waals surface area contributed by atoms with E-state index in [0.29, 0.717) is 12.6 Å². The van der Waals surface area contributed by atoms with Gasteiger partial charge in [-0.2, -0.15) is 0 Å². The van der Waals surface area contributed by atoms with Crippen LogP contribution in [-0.4, -0.2) is 36.2 Å². The fourth-order valence-corrected chi connectivity index (χ4v) is 3.48. The summed E-state index contributed by atoms with van der Waals surface area (Å²) in [5.74, 6) is -0.468. The van der Waals surface area contributed by atoms with E-state index in [0.717, 1.165) is 19.3 Å². The van der Waals surface area contributed by atoms with E-state index >= 15 is 0 Å². The number of para-hydroxylation sites is 1. The van der Waals surface area contributed by atoms with E-state index in [1.807, 2.05) is 6.07 Å². The van der Waals surface area contributed by atoms with Crippen LogP contribution >= 0.6 is 0 Å². The molecule has 1 fully saturated rings. The summed E-state index contributed by atoms with van der Waals surface area (Å²) < 4.78 is 0. The molecule has 108 valence electrons. The van der Waals surface area contributed by atoms with Gasteiger partial charge in [0.2, 0.25) is 0 Å². The molecule has 3 rings (SSSR count). The molecule has 4 heteroatoms. The number of fused-ring (bicyclic) bond motifs is 1. The monoisotopic (exact) mass is 274 g/mol. The van der Waals surface area contributed by atoms with Crippen molar-refractivity contribution in [2.24, 2.45) is 5.92 Å². The molecule has 0 amide bonds. The average Bonchev–Trinajstić information content (AvgIpc) is 3.22. The summed E-state index contributed by atoms with van der Waals surface area (Å²) in [6.45, 7) is 2.72. The Labute approximate surface area is 119 Å². The molecule has 2 N–H and O–H groups in total. The van der Waals surface area contributed by atoms with Crippen LogP contribution < -0.4 is 10.2 Å². The first-order chi connectivity index (χ1) is 9.58. The topological polar surface area (TPSA) is 52.6 Å². The Balaban J connectivity index is 1.91. The predicted octanol–water partition coefficient (Wildman–Crippen LogP) is 1.89. The van der Waals surface area contributed by atoms with Crippen molar-refractivity contribution in [3.8, 4) is 0 Å². The van der Waals surface area contributed by atoms with Crippen LogP contribution in [0.5, 0.6) is 0 Å². The lowest BCUT2D eigenvalue weighted by Crippen LogP contribution is -2.60. The third-order valence-electron chi connectivity index (χ3n) is 4.87. The maximum absolute atomic E-state index is 11.9. The smallest absolute Gasteiger partial charge is 0.326 e. The van der Waals surface area contributed by atoms with Crippen molar-refractivity contribution in [1.82, 2.24) is 5.32 Å². The number of carboxylic acid groups (broad SMARTS) is 1. The SMILES string of the molecule is CNC(CN1c2ccccc2CC1C)(C(=O)O)C1CC1. The number of hydrogen-bond donors (Lipinski definition) is 2. The molecule has 2 unspecified atom stereocenters. The standard InChI is InChI=1S/C16H22N2O2/c1-11-9-12-5-3-4-6-14(12)18(11)10-16(17-2,15(19)20)13-7-8-13/h3-6,11,13,17H,7-10H2,1-2H3,(H,19,20). The highest BCUT2D eigenvalue weighted by atomic mass is 16.4. The molecular weight excluding hydrogens is 252 g/mol. The summed E-state index contributed by atoms with van der Waals surface area (Å²) in [6, 6.07) is 8.69. The summed E-state index contributed by atoms with van der Waals surface area (Å²) in [7, 11) is 1.78. The largest absolute Gasteiger partial charge is 0.480 e. The number of anilines is 1. The minimum Gasteiger partial charge on any atom is -0.480 e. The van der Waals surface area contributed by atoms with Crippen molar-refractivity contribution in [1.29, 1.82) is 0 Å². The molecule has 1 saturated carbocycles. The van der Waals surface area contributed by atoms with Crippen molar-refractivity contribution >= 4 is 11.7 Å². The van der Waals surface area contributed by atoms with E-state index in [-0.39, 0.29) is 5.92 Å². The highest BCUT2D eigenvalue weighted by molar-refractivity contribution is 5.81. The maximum atomic E-state index is 11.9. The van der Waals surface area contributed by atoms with E-state index < -0.39 is 11.5 Å². The molecular formula is C16H22N2O2. The molecule has 1 aromatic rings. The van der Waals surface area contributed by atoms with Crippen LogP contribution in [0, 0.1) is 5.92 Å². The molecule has 2 aliphatic rings. The van der Waals surface area contributed by atoms with E-state index in [4.69, 9.17) is 0 Å². The number of nitrogens with zero attached hydrogens (tertiary/aromatic N) is 1. The first-order valence-electron chi connectivity index (χ1n) is 7.35. The molecule has 1 aliphatic heterocycles. The van der Waals surface area contributed by atoms with Crippen LogP contribution in [0.2, 0.25) is 0 Å². The van der Waals surface area contributed by atoms with Crippen LogP contribution in [0.1, 0.15) is 25.3 Å². The van der Waals surface area contributed by atoms with Gasteiger partial charge in [0, 0.05) is 18.3 Å².